The number of carbonyl (C=O) groups excluding carboxylic acids is 1. The molecule has 1 rings (SSSR count). The zero-order valence-corrected chi connectivity index (χ0v) is 10.4. The van der Waals surface area contributed by atoms with E-state index in [1.807, 2.05) is 0 Å². The molecule has 1 amide bonds. The fourth-order valence-corrected chi connectivity index (χ4v) is 2.20. The summed E-state index contributed by atoms with van der Waals surface area (Å²) in [5, 5.41) is 12.4. The minimum Gasteiger partial charge on any atom is -0.396 e. The van der Waals surface area contributed by atoms with Crippen LogP contribution >= 0.6 is 11.5 Å². The van der Waals surface area contributed by atoms with Crippen LogP contribution in [0.2, 0.25) is 0 Å². The van der Waals surface area contributed by atoms with Gasteiger partial charge in [0.25, 0.3) is 5.91 Å². The summed E-state index contributed by atoms with van der Waals surface area (Å²) in [6.07, 6.45) is 3.84. The molecule has 0 bridgehead atoms. The van der Waals surface area contributed by atoms with Gasteiger partial charge in [-0.05, 0) is 24.4 Å². The van der Waals surface area contributed by atoms with Gasteiger partial charge in [-0.25, -0.2) is 0 Å². The fraction of sp³-hybridized carbons (Fsp3) is 0.600. The molecule has 0 aliphatic carbocycles. The van der Waals surface area contributed by atoms with Crippen LogP contribution in [0.1, 0.15) is 36.0 Å². The summed E-state index contributed by atoms with van der Waals surface area (Å²) >= 11 is 1.15. The SMILES string of the molecule is NC(=O)c1c(N)nsc1NCCCCCCO. The molecule has 6 nitrogen and oxygen atoms in total. The third-order valence-corrected chi connectivity index (χ3v) is 3.15. The van der Waals surface area contributed by atoms with Gasteiger partial charge in [0.1, 0.15) is 10.6 Å². The summed E-state index contributed by atoms with van der Waals surface area (Å²) in [6.45, 7) is 0.984. The average molecular weight is 258 g/mol. The molecule has 0 fully saturated rings. The number of hydrogen-bond acceptors (Lipinski definition) is 6. The highest BCUT2D eigenvalue weighted by Gasteiger charge is 2.15. The zero-order valence-electron chi connectivity index (χ0n) is 9.61. The molecular formula is C10H18N4O2S. The van der Waals surface area contributed by atoms with Crippen LogP contribution in [0.25, 0.3) is 0 Å². The van der Waals surface area contributed by atoms with Crippen molar-refractivity contribution in [2.24, 2.45) is 5.73 Å². The molecule has 96 valence electrons. The molecule has 17 heavy (non-hydrogen) atoms. The number of nitrogen functional groups attached to an aromatic ring is 1. The van der Waals surface area contributed by atoms with Crippen molar-refractivity contribution in [3.05, 3.63) is 5.56 Å². The first-order valence-corrected chi connectivity index (χ1v) is 6.33. The van der Waals surface area contributed by atoms with E-state index < -0.39 is 5.91 Å². The van der Waals surface area contributed by atoms with E-state index in [1.54, 1.807) is 0 Å². The first-order valence-electron chi connectivity index (χ1n) is 5.56. The van der Waals surface area contributed by atoms with Crippen LogP contribution in [0, 0.1) is 0 Å². The van der Waals surface area contributed by atoms with Crippen molar-refractivity contribution < 1.29 is 9.90 Å². The molecule has 0 atom stereocenters. The van der Waals surface area contributed by atoms with Gasteiger partial charge >= 0.3 is 0 Å². The number of primary amides is 1. The van der Waals surface area contributed by atoms with Gasteiger partial charge < -0.3 is 21.9 Å². The highest BCUT2D eigenvalue weighted by Crippen LogP contribution is 2.25. The Morgan fingerprint density at radius 3 is 2.71 bits per heavy atom. The van der Waals surface area contributed by atoms with Gasteiger partial charge in [0.05, 0.1) is 0 Å². The Kier molecular flexibility index (Phi) is 5.71. The van der Waals surface area contributed by atoms with Crippen LogP contribution in [-0.4, -0.2) is 28.5 Å². The van der Waals surface area contributed by atoms with Gasteiger partial charge in [0.2, 0.25) is 0 Å². The fourth-order valence-electron chi connectivity index (χ4n) is 1.45. The van der Waals surface area contributed by atoms with Crippen molar-refractivity contribution in [3.63, 3.8) is 0 Å². The highest BCUT2D eigenvalue weighted by atomic mass is 32.1. The lowest BCUT2D eigenvalue weighted by Gasteiger charge is -2.04. The van der Waals surface area contributed by atoms with Crippen molar-refractivity contribution in [1.29, 1.82) is 0 Å². The van der Waals surface area contributed by atoms with E-state index in [1.165, 1.54) is 0 Å². The number of aromatic nitrogens is 1. The molecular weight excluding hydrogens is 240 g/mol. The molecule has 0 aliphatic rings. The van der Waals surface area contributed by atoms with Crippen molar-refractivity contribution in [2.45, 2.75) is 25.7 Å². The number of anilines is 2. The quantitative estimate of drug-likeness (QED) is 0.515. The summed E-state index contributed by atoms with van der Waals surface area (Å²) in [5.74, 6) is -0.371. The van der Waals surface area contributed by atoms with Gasteiger partial charge in [-0.1, -0.05) is 12.8 Å². The minimum absolute atomic E-state index is 0.185. The maximum atomic E-state index is 11.1. The van der Waals surface area contributed by atoms with E-state index in [4.69, 9.17) is 16.6 Å². The molecule has 1 aromatic rings. The molecule has 6 N–H and O–H groups in total. The summed E-state index contributed by atoms with van der Waals surface area (Å²) in [4.78, 5) is 11.1. The number of hydrogen-bond donors (Lipinski definition) is 4. The molecule has 0 aliphatic heterocycles. The third-order valence-electron chi connectivity index (χ3n) is 2.34. The smallest absolute Gasteiger partial charge is 0.255 e. The third kappa shape index (κ3) is 4.20. The van der Waals surface area contributed by atoms with Crippen LogP contribution in [0.15, 0.2) is 0 Å². The second-order valence-corrected chi connectivity index (χ2v) is 4.47. The lowest BCUT2D eigenvalue weighted by atomic mass is 10.2. The van der Waals surface area contributed by atoms with Crippen LogP contribution < -0.4 is 16.8 Å². The Morgan fingerprint density at radius 2 is 2.06 bits per heavy atom. The van der Waals surface area contributed by atoms with Gasteiger partial charge in [-0.2, -0.15) is 4.37 Å². The Bertz CT molecular complexity index is 367. The van der Waals surface area contributed by atoms with Crippen LogP contribution in [0.5, 0.6) is 0 Å². The van der Waals surface area contributed by atoms with Gasteiger partial charge in [0.15, 0.2) is 5.82 Å². The van der Waals surface area contributed by atoms with E-state index in [0.29, 0.717) is 5.00 Å². The normalized spacial score (nSPS) is 10.4. The predicted molar refractivity (Wildman–Crippen MR) is 69.1 cm³/mol. The molecule has 1 aromatic heterocycles. The molecule has 0 aromatic carbocycles. The van der Waals surface area contributed by atoms with Crippen LogP contribution in [0.3, 0.4) is 0 Å². The van der Waals surface area contributed by atoms with Crippen molar-refractivity contribution in [1.82, 2.24) is 4.37 Å². The van der Waals surface area contributed by atoms with E-state index in [2.05, 4.69) is 9.69 Å². The second kappa shape index (κ2) is 7.08. The second-order valence-electron chi connectivity index (χ2n) is 3.70. The molecule has 7 heteroatoms. The number of carbonyl (C=O) groups is 1. The first-order chi connectivity index (χ1) is 8.16. The lowest BCUT2D eigenvalue weighted by molar-refractivity contribution is 0.100. The number of aliphatic hydroxyl groups excluding tert-OH is 1. The number of amides is 1. The van der Waals surface area contributed by atoms with Gasteiger partial charge in [0, 0.05) is 13.2 Å². The standard InChI is InChI=1S/C10H18N4O2S/c11-8-7(9(12)16)10(17-14-8)13-5-3-1-2-4-6-15/h13,15H,1-6H2,(H2,11,14)(H2,12,16). The lowest BCUT2D eigenvalue weighted by Crippen LogP contribution is -2.15. The Labute approximate surface area is 104 Å². The molecule has 0 saturated heterocycles. The Morgan fingerprint density at radius 1 is 1.35 bits per heavy atom. The monoisotopic (exact) mass is 258 g/mol. The largest absolute Gasteiger partial charge is 0.396 e. The Hall–Kier alpha value is -1.34. The number of aliphatic hydroxyl groups is 1. The van der Waals surface area contributed by atoms with Gasteiger partial charge in [-0.15, -0.1) is 0 Å². The predicted octanol–water partition coefficient (Wildman–Crippen LogP) is 0.789. The summed E-state index contributed by atoms with van der Waals surface area (Å²) < 4.78 is 3.89. The average Bonchev–Trinajstić information content (AvgIpc) is 2.65. The van der Waals surface area contributed by atoms with Crippen molar-refractivity contribution in [3.8, 4) is 0 Å². The van der Waals surface area contributed by atoms with E-state index in [-0.39, 0.29) is 18.0 Å². The topological polar surface area (TPSA) is 114 Å². The molecule has 0 radical (unpaired) electrons. The molecule has 0 spiro atoms. The molecule has 0 saturated carbocycles. The van der Waals surface area contributed by atoms with Crippen molar-refractivity contribution in [2.75, 3.05) is 24.2 Å². The summed E-state index contributed by atoms with van der Waals surface area (Å²) in [6, 6.07) is 0. The van der Waals surface area contributed by atoms with Crippen molar-refractivity contribution >= 4 is 28.3 Å². The number of rotatable bonds is 8. The molecule has 0 unspecified atom stereocenters. The minimum atomic E-state index is -0.556. The van der Waals surface area contributed by atoms with E-state index >= 15 is 0 Å². The number of nitrogens with zero attached hydrogens (tertiary/aromatic N) is 1. The highest BCUT2D eigenvalue weighted by molar-refractivity contribution is 7.11. The van der Waals surface area contributed by atoms with Crippen LogP contribution in [0.4, 0.5) is 10.8 Å². The summed E-state index contributed by atoms with van der Waals surface area (Å²) in [5.41, 5.74) is 11.0. The maximum absolute atomic E-state index is 11.1. The van der Waals surface area contributed by atoms with E-state index in [0.717, 1.165) is 43.8 Å². The number of nitrogens with two attached hydrogens (primary N) is 2. The maximum Gasteiger partial charge on any atom is 0.255 e. The molecule has 1 heterocycles. The Balaban J connectivity index is 2.34. The zero-order chi connectivity index (χ0) is 12.7. The van der Waals surface area contributed by atoms with Gasteiger partial charge in [-0.3, -0.25) is 4.79 Å². The number of unbranched alkanes of at least 4 members (excludes halogenated alkanes) is 3. The van der Waals surface area contributed by atoms with E-state index in [9.17, 15) is 4.79 Å². The summed E-state index contributed by atoms with van der Waals surface area (Å²) in [7, 11) is 0. The number of nitrogens with one attached hydrogen (secondary N) is 1. The van der Waals surface area contributed by atoms with Crippen LogP contribution in [-0.2, 0) is 0 Å². The first kappa shape index (κ1) is 13.7.